The maximum atomic E-state index is 4.82. The van der Waals surface area contributed by atoms with Crippen LogP contribution in [0.5, 0.6) is 0 Å². The van der Waals surface area contributed by atoms with Crippen LogP contribution < -0.4 is 0 Å². The average molecular weight is 346 g/mol. The molecular weight excluding hydrogens is 324 g/mol. The summed E-state index contributed by atoms with van der Waals surface area (Å²) in [7, 11) is 1.54. The third-order valence-corrected chi connectivity index (χ3v) is 4.01. The standard InChI is InChI=1S/C21H22N4O/c1-16(25-26-2)19-13-6-10-17(23-19)8-5-9-18-11-7-14-21(24-18)20-12-3-4-15-22-20/h3-4,6-7,10-15H,5,8-9H2,1-2H3/b25-16+. The molecule has 0 saturated carbocycles. The van der Waals surface area contributed by atoms with Gasteiger partial charge >= 0.3 is 0 Å². The minimum Gasteiger partial charge on any atom is -0.399 e. The molecule has 0 spiro atoms. The summed E-state index contributed by atoms with van der Waals surface area (Å²) in [6, 6.07) is 18.0. The van der Waals surface area contributed by atoms with Crippen molar-refractivity contribution in [3.63, 3.8) is 0 Å². The normalized spacial score (nSPS) is 11.4. The molecule has 0 amide bonds. The third kappa shape index (κ3) is 4.72. The van der Waals surface area contributed by atoms with Gasteiger partial charge in [-0.1, -0.05) is 23.4 Å². The van der Waals surface area contributed by atoms with Crippen molar-refractivity contribution in [1.29, 1.82) is 0 Å². The molecule has 0 aliphatic heterocycles. The van der Waals surface area contributed by atoms with Gasteiger partial charge in [-0.2, -0.15) is 0 Å². The Morgan fingerprint density at radius 1 is 0.885 bits per heavy atom. The number of rotatable bonds is 7. The fourth-order valence-electron chi connectivity index (χ4n) is 2.73. The number of aryl methyl sites for hydroxylation is 2. The van der Waals surface area contributed by atoms with Gasteiger partial charge in [-0.15, -0.1) is 0 Å². The number of hydrogen-bond acceptors (Lipinski definition) is 5. The fraction of sp³-hybridized carbons (Fsp3) is 0.238. The van der Waals surface area contributed by atoms with E-state index >= 15 is 0 Å². The highest BCUT2D eigenvalue weighted by atomic mass is 16.6. The molecule has 0 aliphatic rings. The maximum absolute atomic E-state index is 4.82. The van der Waals surface area contributed by atoms with Crippen molar-refractivity contribution in [1.82, 2.24) is 15.0 Å². The summed E-state index contributed by atoms with van der Waals surface area (Å²) in [5, 5.41) is 3.94. The second-order valence-electron chi connectivity index (χ2n) is 5.96. The molecule has 0 aliphatic carbocycles. The van der Waals surface area contributed by atoms with Gasteiger partial charge in [0.15, 0.2) is 0 Å². The monoisotopic (exact) mass is 346 g/mol. The van der Waals surface area contributed by atoms with E-state index in [9.17, 15) is 0 Å². The van der Waals surface area contributed by atoms with E-state index in [0.29, 0.717) is 0 Å². The Balaban J connectivity index is 1.62. The molecule has 0 saturated heterocycles. The molecule has 5 heteroatoms. The number of hydrogen-bond donors (Lipinski definition) is 0. The SMILES string of the molecule is CO/N=C(\C)c1cccc(CCCc2cccc(-c3ccccn3)n2)n1. The number of nitrogens with zero attached hydrogens (tertiary/aromatic N) is 4. The molecule has 0 N–H and O–H groups in total. The quantitative estimate of drug-likeness (QED) is 0.478. The third-order valence-electron chi connectivity index (χ3n) is 4.01. The van der Waals surface area contributed by atoms with Gasteiger partial charge < -0.3 is 4.84 Å². The molecule has 0 radical (unpaired) electrons. The Labute approximate surface area is 153 Å². The van der Waals surface area contributed by atoms with Crippen LogP contribution in [-0.4, -0.2) is 27.8 Å². The van der Waals surface area contributed by atoms with Crippen molar-refractivity contribution in [2.75, 3.05) is 7.11 Å². The van der Waals surface area contributed by atoms with Crippen LogP contribution in [0.4, 0.5) is 0 Å². The topological polar surface area (TPSA) is 60.3 Å². The summed E-state index contributed by atoms with van der Waals surface area (Å²) >= 11 is 0. The Morgan fingerprint density at radius 2 is 1.62 bits per heavy atom. The highest BCUT2D eigenvalue weighted by Gasteiger charge is 2.04. The van der Waals surface area contributed by atoms with E-state index in [1.807, 2.05) is 55.5 Å². The van der Waals surface area contributed by atoms with Crippen molar-refractivity contribution in [2.24, 2.45) is 5.16 Å². The second-order valence-corrected chi connectivity index (χ2v) is 5.96. The Hall–Kier alpha value is -3.08. The molecule has 0 unspecified atom stereocenters. The van der Waals surface area contributed by atoms with Gasteiger partial charge in [-0.25, -0.2) is 0 Å². The first-order chi connectivity index (χ1) is 12.8. The lowest BCUT2D eigenvalue weighted by Crippen LogP contribution is -2.03. The van der Waals surface area contributed by atoms with Crippen molar-refractivity contribution in [3.8, 4) is 11.4 Å². The van der Waals surface area contributed by atoms with Gasteiger partial charge in [0.1, 0.15) is 12.8 Å². The minimum absolute atomic E-state index is 0.777. The van der Waals surface area contributed by atoms with Gasteiger partial charge in [0.2, 0.25) is 0 Å². The van der Waals surface area contributed by atoms with Crippen molar-refractivity contribution in [3.05, 3.63) is 77.9 Å². The van der Waals surface area contributed by atoms with Crippen LogP contribution in [0.3, 0.4) is 0 Å². The van der Waals surface area contributed by atoms with Crippen LogP contribution in [0.25, 0.3) is 11.4 Å². The Kier molecular flexibility index (Phi) is 6.04. The summed E-state index contributed by atoms with van der Waals surface area (Å²) in [4.78, 5) is 18.6. The first-order valence-corrected chi connectivity index (χ1v) is 8.67. The summed E-state index contributed by atoms with van der Waals surface area (Å²) in [6.45, 7) is 1.89. The van der Waals surface area contributed by atoms with Crippen molar-refractivity contribution in [2.45, 2.75) is 26.2 Å². The lowest BCUT2D eigenvalue weighted by atomic mass is 10.1. The number of oxime groups is 1. The van der Waals surface area contributed by atoms with E-state index in [4.69, 9.17) is 9.82 Å². The predicted octanol–water partition coefficient (Wildman–Crippen LogP) is 4.08. The van der Waals surface area contributed by atoms with E-state index in [-0.39, 0.29) is 0 Å². The molecule has 0 atom stereocenters. The summed E-state index contributed by atoms with van der Waals surface area (Å²) in [6.07, 6.45) is 4.56. The lowest BCUT2D eigenvalue weighted by molar-refractivity contribution is 0.213. The van der Waals surface area contributed by atoms with Gasteiger partial charge in [-0.3, -0.25) is 15.0 Å². The maximum Gasteiger partial charge on any atom is 0.106 e. The molecule has 3 aromatic heterocycles. The van der Waals surface area contributed by atoms with Crippen molar-refractivity contribution < 1.29 is 4.84 Å². The van der Waals surface area contributed by atoms with Crippen LogP contribution in [0, 0.1) is 0 Å². The molecule has 3 aromatic rings. The first-order valence-electron chi connectivity index (χ1n) is 8.67. The van der Waals surface area contributed by atoms with Crippen molar-refractivity contribution >= 4 is 5.71 Å². The van der Waals surface area contributed by atoms with Crippen LogP contribution in [-0.2, 0) is 17.7 Å². The molecule has 0 aromatic carbocycles. The molecule has 0 bridgehead atoms. The number of pyridine rings is 3. The van der Waals surface area contributed by atoms with Gasteiger partial charge in [0, 0.05) is 17.6 Å². The molecule has 26 heavy (non-hydrogen) atoms. The molecule has 5 nitrogen and oxygen atoms in total. The zero-order valence-corrected chi connectivity index (χ0v) is 15.1. The Morgan fingerprint density at radius 3 is 2.35 bits per heavy atom. The van der Waals surface area contributed by atoms with E-state index in [1.165, 1.54) is 0 Å². The van der Waals surface area contributed by atoms with Crippen LogP contribution >= 0.6 is 0 Å². The largest absolute Gasteiger partial charge is 0.399 e. The molecule has 0 fully saturated rings. The minimum atomic E-state index is 0.777. The number of aromatic nitrogens is 3. The van der Waals surface area contributed by atoms with Crippen LogP contribution in [0.15, 0.2) is 65.9 Å². The molecular formula is C21H22N4O. The highest BCUT2D eigenvalue weighted by molar-refractivity contribution is 5.96. The van der Waals surface area contributed by atoms with E-state index in [0.717, 1.165) is 53.4 Å². The lowest BCUT2D eigenvalue weighted by Gasteiger charge is -2.06. The zero-order chi connectivity index (χ0) is 18.2. The summed E-state index contributed by atoms with van der Waals surface area (Å²) < 4.78 is 0. The van der Waals surface area contributed by atoms with E-state index < -0.39 is 0 Å². The first kappa shape index (κ1) is 17.7. The van der Waals surface area contributed by atoms with E-state index in [1.54, 1.807) is 13.3 Å². The highest BCUT2D eigenvalue weighted by Crippen LogP contribution is 2.15. The van der Waals surface area contributed by atoms with Crippen LogP contribution in [0.1, 0.15) is 30.4 Å². The van der Waals surface area contributed by atoms with Gasteiger partial charge in [0.05, 0.1) is 17.1 Å². The molecule has 132 valence electrons. The van der Waals surface area contributed by atoms with Gasteiger partial charge in [-0.05, 0) is 62.6 Å². The van der Waals surface area contributed by atoms with Crippen LogP contribution in [0.2, 0.25) is 0 Å². The average Bonchev–Trinajstić information content (AvgIpc) is 2.69. The Bertz CT molecular complexity index is 878. The predicted molar refractivity (Wildman–Crippen MR) is 103 cm³/mol. The van der Waals surface area contributed by atoms with E-state index in [2.05, 4.69) is 21.2 Å². The smallest absolute Gasteiger partial charge is 0.106 e. The van der Waals surface area contributed by atoms with Gasteiger partial charge in [0.25, 0.3) is 0 Å². The fourth-order valence-corrected chi connectivity index (χ4v) is 2.73. The summed E-state index contributed by atoms with van der Waals surface area (Å²) in [5.41, 5.74) is 5.56. The zero-order valence-electron chi connectivity index (χ0n) is 15.1. The second kappa shape index (κ2) is 8.85. The summed E-state index contributed by atoms with van der Waals surface area (Å²) in [5.74, 6) is 0. The molecule has 3 heterocycles. The molecule has 3 rings (SSSR count).